The first-order valence-electron chi connectivity index (χ1n) is 9.07. The number of hydrogen-bond acceptors (Lipinski definition) is 5. The average molecular weight is 462 g/mol. The number of benzene rings is 2. The average Bonchev–Trinajstić information content (AvgIpc) is 3.03. The number of amides is 2. The van der Waals surface area contributed by atoms with Crippen LogP contribution < -0.4 is 20.7 Å². The molecule has 0 fully saturated rings. The Morgan fingerprint density at radius 1 is 1.10 bits per heavy atom. The van der Waals surface area contributed by atoms with E-state index in [9.17, 15) is 9.59 Å². The highest BCUT2D eigenvalue weighted by Gasteiger charge is 2.18. The maximum Gasteiger partial charge on any atom is 0.269 e. The van der Waals surface area contributed by atoms with E-state index in [-0.39, 0.29) is 17.1 Å². The second-order valence-corrected chi connectivity index (χ2v) is 8.56. The van der Waals surface area contributed by atoms with Gasteiger partial charge in [0.25, 0.3) is 11.8 Å². The third-order valence-corrected chi connectivity index (χ3v) is 5.95. The highest BCUT2D eigenvalue weighted by Crippen LogP contribution is 2.37. The van der Waals surface area contributed by atoms with Crippen LogP contribution >= 0.6 is 35.2 Å². The first-order chi connectivity index (χ1) is 14.3. The summed E-state index contributed by atoms with van der Waals surface area (Å²) in [5.41, 5.74) is 1.19. The number of carbonyl (C=O) groups excluding carboxylic acids is 2. The molecule has 0 bridgehead atoms. The molecular weight excluding hydrogens is 442 g/mol. The zero-order valence-electron chi connectivity index (χ0n) is 16.5. The van der Waals surface area contributed by atoms with Gasteiger partial charge in [0.05, 0.1) is 12.1 Å². The molecule has 0 spiro atoms. The van der Waals surface area contributed by atoms with Crippen LogP contribution in [0, 0.1) is 0 Å². The van der Waals surface area contributed by atoms with Gasteiger partial charge in [-0.05, 0) is 68.5 Å². The minimum Gasteiger partial charge on any atom is -0.497 e. The number of thiophene rings is 1. The highest BCUT2D eigenvalue weighted by molar-refractivity contribution is 7.80. The van der Waals surface area contributed by atoms with Crippen LogP contribution in [0.4, 0.5) is 5.69 Å². The number of fused-ring (bicyclic) bond motifs is 1. The van der Waals surface area contributed by atoms with Crippen LogP contribution in [0.25, 0.3) is 10.1 Å². The van der Waals surface area contributed by atoms with Crippen molar-refractivity contribution in [1.82, 2.24) is 10.6 Å². The topological polar surface area (TPSA) is 79.5 Å². The summed E-state index contributed by atoms with van der Waals surface area (Å²) in [5.74, 6) is 0.143. The first kappa shape index (κ1) is 22.0. The van der Waals surface area contributed by atoms with Crippen LogP contribution in [-0.2, 0) is 0 Å². The van der Waals surface area contributed by atoms with Crippen molar-refractivity contribution in [2.45, 2.75) is 19.9 Å². The Bertz CT molecular complexity index is 1110. The molecule has 156 valence electrons. The van der Waals surface area contributed by atoms with E-state index in [1.807, 2.05) is 26.0 Å². The monoisotopic (exact) mass is 461 g/mol. The normalized spacial score (nSPS) is 10.7. The van der Waals surface area contributed by atoms with Crippen molar-refractivity contribution in [2.75, 3.05) is 12.4 Å². The van der Waals surface area contributed by atoms with Crippen LogP contribution in [0.2, 0.25) is 5.02 Å². The summed E-state index contributed by atoms with van der Waals surface area (Å²) in [6.07, 6.45) is 0. The quantitative estimate of drug-likeness (QED) is 0.474. The lowest BCUT2D eigenvalue weighted by Crippen LogP contribution is -2.33. The Labute approximate surface area is 188 Å². The molecule has 1 aromatic heterocycles. The van der Waals surface area contributed by atoms with E-state index in [1.165, 1.54) is 11.3 Å². The highest BCUT2D eigenvalue weighted by atomic mass is 35.5. The van der Waals surface area contributed by atoms with Gasteiger partial charge in [0, 0.05) is 27.4 Å². The summed E-state index contributed by atoms with van der Waals surface area (Å²) in [6.45, 7) is 3.79. The van der Waals surface area contributed by atoms with Crippen molar-refractivity contribution in [1.29, 1.82) is 0 Å². The third-order valence-electron chi connectivity index (χ3n) is 4.09. The van der Waals surface area contributed by atoms with E-state index >= 15 is 0 Å². The van der Waals surface area contributed by atoms with E-state index in [0.29, 0.717) is 26.9 Å². The van der Waals surface area contributed by atoms with Gasteiger partial charge in [0.15, 0.2) is 5.11 Å². The van der Waals surface area contributed by atoms with Crippen molar-refractivity contribution in [3.8, 4) is 5.75 Å². The van der Waals surface area contributed by atoms with Gasteiger partial charge in [-0.3, -0.25) is 14.9 Å². The van der Waals surface area contributed by atoms with E-state index in [0.717, 1.165) is 10.1 Å². The molecule has 3 aromatic rings. The van der Waals surface area contributed by atoms with Gasteiger partial charge >= 0.3 is 0 Å². The second kappa shape index (κ2) is 9.42. The lowest BCUT2D eigenvalue weighted by Gasteiger charge is -2.11. The predicted octanol–water partition coefficient (Wildman–Crippen LogP) is 4.83. The summed E-state index contributed by atoms with van der Waals surface area (Å²) in [5, 5.41) is 9.67. The number of methoxy groups -OCH3 is 1. The maximum atomic E-state index is 12.6. The van der Waals surface area contributed by atoms with E-state index in [2.05, 4.69) is 16.0 Å². The van der Waals surface area contributed by atoms with Crippen molar-refractivity contribution in [2.24, 2.45) is 0 Å². The summed E-state index contributed by atoms with van der Waals surface area (Å²) >= 11 is 12.9. The fraction of sp³-hybridized carbons (Fsp3) is 0.190. The summed E-state index contributed by atoms with van der Waals surface area (Å²) in [7, 11) is 1.58. The number of halogens is 1. The summed E-state index contributed by atoms with van der Waals surface area (Å²) < 4.78 is 6.06. The fourth-order valence-corrected chi connectivity index (χ4v) is 4.34. The summed E-state index contributed by atoms with van der Waals surface area (Å²) in [4.78, 5) is 25.0. The van der Waals surface area contributed by atoms with Gasteiger partial charge in [-0.2, -0.15) is 0 Å². The Balaban J connectivity index is 1.66. The molecule has 6 nitrogen and oxygen atoms in total. The molecule has 0 radical (unpaired) electrons. The Morgan fingerprint density at radius 2 is 1.80 bits per heavy atom. The zero-order chi connectivity index (χ0) is 21.8. The Hall–Kier alpha value is -2.68. The molecule has 0 unspecified atom stereocenters. The van der Waals surface area contributed by atoms with Crippen molar-refractivity contribution in [3.05, 3.63) is 57.9 Å². The molecule has 0 saturated heterocycles. The Kier molecular flexibility index (Phi) is 6.91. The smallest absolute Gasteiger partial charge is 0.269 e. The number of nitrogens with one attached hydrogen (secondary N) is 3. The van der Waals surface area contributed by atoms with Crippen molar-refractivity contribution >= 4 is 67.9 Å². The molecule has 0 aliphatic heterocycles. The van der Waals surface area contributed by atoms with Crippen LogP contribution in [0.1, 0.15) is 33.9 Å². The summed E-state index contributed by atoms with van der Waals surface area (Å²) in [6, 6.07) is 12.3. The van der Waals surface area contributed by atoms with Gasteiger partial charge in [-0.15, -0.1) is 11.3 Å². The molecule has 0 aliphatic rings. The Morgan fingerprint density at radius 3 is 2.43 bits per heavy atom. The maximum absolute atomic E-state index is 12.6. The molecule has 2 aromatic carbocycles. The first-order valence-corrected chi connectivity index (χ1v) is 10.7. The van der Waals surface area contributed by atoms with Gasteiger partial charge in [-0.1, -0.05) is 11.6 Å². The number of anilines is 1. The molecule has 9 heteroatoms. The van der Waals surface area contributed by atoms with Crippen molar-refractivity contribution < 1.29 is 14.3 Å². The van der Waals surface area contributed by atoms with Gasteiger partial charge < -0.3 is 15.4 Å². The van der Waals surface area contributed by atoms with Gasteiger partial charge in [-0.25, -0.2) is 0 Å². The molecule has 2 amide bonds. The molecule has 3 rings (SSSR count). The predicted molar refractivity (Wildman–Crippen MR) is 126 cm³/mol. The number of thiocarbonyl (C=S) groups is 1. The standard InChI is InChI=1S/C21H20ClN3O3S2/c1-11(2)23-19(26)12-4-6-13(7-5-12)24-21(29)25-20(27)18-17(22)15-9-8-14(28-3)10-16(15)30-18/h4-11H,1-3H3,(H,23,26)(H2,24,25,27,29). The lowest BCUT2D eigenvalue weighted by atomic mass is 10.2. The number of ether oxygens (including phenoxy) is 1. The molecule has 0 aliphatic carbocycles. The van der Waals surface area contributed by atoms with Crippen LogP contribution in [-0.4, -0.2) is 30.1 Å². The number of hydrogen-bond donors (Lipinski definition) is 3. The zero-order valence-corrected chi connectivity index (χ0v) is 18.9. The fourth-order valence-electron chi connectivity index (χ4n) is 2.69. The molecule has 3 N–H and O–H groups in total. The minimum absolute atomic E-state index is 0.0555. The van der Waals surface area contributed by atoms with Crippen LogP contribution in [0.3, 0.4) is 0 Å². The van der Waals surface area contributed by atoms with E-state index in [1.54, 1.807) is 37.4 Å². The molecule has 0 atom stereocenters. The number of carbonyl (C=O) groups is 2. The van der Waals surface area contributed by atoms with Gasteiger partial charge in [0.2, 0.25) is 0 Å². The number of rotatable bonds is 5. The largest absolute Gasteiger partial charge is 0.497 e. The van der Waals surface area contributed by atoms with Crippen LogP contribution in [0.5, 0.6) is 5.75 Å². The van der Waals surface area contributed by atoms with Crippen molar-refractivity contribution in [3.63, 3.8) is 0 Å². The van der Waals surface area contributed by atoms with E-state index < -0.39 is 5.91 Å². The third kappa shape index (κ3) is 5.08. The lowest BCUT2D eigenvalue weighted by molar-refractivity contribution is 0.0941. The molecule has 30 heavy (non-hydrogen) atoms. The van der Waals surface area contributed by atoms with E-state index in [4.69, 9.17) is 28.6 Å². The molecule has 0 saturated carbocycles. The SMILES string of the molecule is COc1ccc2c(Cl)c(C(=O)NC(=S)Nc3ccc(C(=O)NC(C)C)cc3)sc2c1. The molecular formula is C21H20ClN3O3S2. The minimum atomic E-state index is -0.398. The molecule has 1 heterocycles. The van der Waals surface area contributed by atoms with Gasteiger partial charge in [0.1, 0.15) is 10.6 Å². The second-order valence-electron chi connectivity index (χ2n) is 6.72. The van der Waals surface area contributed by atoms with Crippen LogP contribution in [0.15, 0.2) is 42.5 Å².